The van der Waals surface area contributed by atoms with E-state index in [1.165, 1.54) is 6.20 Å². The molecule has 29 heavy (non-hydrogen) atoms. The van der Waals surface area contributed by atoms with Crippen molar-refractivity contribution < 1.29 is 13.2 Å². The van der Waals surface area contributed by atoms with Gasteiger partial charge in [0.25, 0.3) is 0 Å². The molecular formula is C23H21N2O3S. The highest BCUT2D eigenvalue weighted by atomic mass is 32.2. The summed E-state index contributed by atoms with van der Waals surface area (Å²) in [6.45, 7) is 5.71. The molecule has 0 bridgehead atoms. The van der Waals surface area contributed by atoms with Gasteiger partial charge in [-0.1, -0.05) is 17.7 Å². The lowest BCUT2D eigenvalue weighted by molar-refractivity contribution is 0.476. The summed E-state index contributed by atoms with van der Waals surface area (Å²) in [7, 11) is -3.66. The first-order chi connectivity index (χ1) is 13.8. The van der Waals surface area contributed by atoms with Crippen LogP contribution in [0.2, 0.25) is 0 Å². The van der Waals surface area contributed by atoms with Crippen molar-refractivity contribution in [1.82, 2.24) is 4.98 Å². The topological polar surface area (TPSA) is 85.2 Å². The average Bonchev–Trinajstić information content (AvgIpc) is 3.13. The number of fused-ring (bicyclic) bond motifs is 1. The van der Waals surface area contributed by atoms with E-state index in [9.17, 15) is 8.42 Å². The Kier molecular flexibility index (Phi) is 4.59. The van der Waals surface area contributed by atoms with Crippen molar-refractivity contribution >= 4 is 26.4 Å². The van der Waals surface area contributed by atoms with Crippen molar-refractivity contribution in [3.63, 3.8) is 0 Å². The predicted molar refractivity (Wildman–Crippen MR) is 114 cm³/mol. The average molecular weight is 405 g/mol. The minimum absolute atomic E-state index is 0.219. The van der Waals surface area contributed by atoms with Gasteiger partial charge in [-0.2, -0.15) is 0 Å². The molecule has 5 nitrogen and oxygen atoms in total. The zero-order chi connectivity index (χ0) is 20.8. The van der Waals surface area contributed by atoms with Crippen LogP contribution in [0.15, 0.2) is 64.5 Å². The number of nitrogens with two attached hydrogens (primary N) is 1. The Labute approximate surface area is 170 Å². The van der Waals surface area contributed by atoms with Crippen LogP contribution < -0.4 is 10.5 Å². The molecule has 0 aliphatic heterocycles. The summed E-state index contributed by atoms with van der Waals surface area (Å²) in [6.07, 6.45) is 1.52. The van der Waals surface area contributed by atoms with E-state index in [2.05, 4.69) is 11.1 Å². The van der Waals surface area contributed by atoms with Crippen molar-refractivity contribution in [2.24, 2.45) is 0 Å². The van der Waals surface area contributed by atoms with Crippen molar-refractivity contribution in [2.45, 2.75) is 30.6 Å². The molecule has 0 fully saturated rings. The van der Waals surface area contributed by atoms with Crippen molar-refractivity contribution in [2.75, 3.05) is 5.73 Å². The number of aromatic nitrogens is 1. The number of sulfone groups is 1. The molecule has 0 aliphatic carbocycles. The van der Waals surface area contributed by atoms with Crippen LogP contribution in [-0.2, 0) is 9.84 Å². The third-order valence-electron chi connectivity index (χ3n) is 5.00. The highest BCUT2D eigenvalue weighted by Gasteiger charge is 2.22. The minimum Gasteiger partial charge on any atom is -0.457 e. The second kappa shape index (κ2) is 6.97. The van der Waals surface area contributed by atoms with Crippen molar-refractivity contribution in [3.8, 4) is 11.5 Å². The van der Waals surface area contributed by atoms with Crippen LogP contribution >= 0.6 is 0 Å². The Hall–Kier alpha value is -3.25. The zero-order valence-corrected chi connectivity index (χ0v) is 17.2. The number of anilines is 1. The number of aromatic amines is 1. The van der Waals surface area contributed by atoms with Crippen LogP contribution in [0.5, 0.6) is 11.5 Å². The molecule has 1 aromatic heterocycles. The normalized spacial score (nSPS) is 11.7. The lowest BCUT2D eigenvalue weighted by Crippen LogP contribution is -2.01. The first kappa shape index (κ1) is 19.1. The molecule has 0 aliphatic rings. The quantitative estimate of drug-likeness (QED) is 0.463. The zero-order valence-electron chi connectivity index (χ0n) is 16.4. The summed E-state index contributed by atoms with van der Waals surface area (Å²) in [5.41, 5.74) is 9.90. The maximum absolute atomic E-state index is 13.2. The van der Waals surface area contributed by atoms with Crippen LogP contribution in [0.3, 0.4) is 0 Å². The number of H-pyrrole nitrogens is 1. The van der Waals surface area contributed by atoms with E-state index >= 15 is 0 Å². The van der Waals surface area contributed by atoms with Gasteiger partial charge in [-0.05, 0) is 62.7 Å². The van der Waals surface area contributed by atoms with Gasteiger partial charge in [0.05, 0.1) is 9.79 Å². The molecule has 0 saturated heterocycles. The second-order valence-electron chi connectivity index (χ2n) is 7.12. The predicted octanol–water partition coefficient (Wildman–Crippen LogP) is 5.10. The number of aryl methyl sites for hydroxylation is 2. The van der Waals surface area contributed by atoms with Gasteiger partial charge in [0.1, 0.15) is 11.5 Å². The molecule has 147 valence electrons. The summed E-state index contributed by atoms with van der Waals surface area (Å²) in [4.78, 5) is 3.52. The number of ether oxygens (including phenoxy) is 1. The van der Waals surface area contributed by atoms with Crippen LogP contribution in [0.1, 0.15) is 16.7 Å². The number of nitrogen functional groups attached to an aromatic ring is 1. The Bertz CT molecular complexity index is 1320. The SMILES string of the molecule is Cc1ccc(S(=O)(=O)c2c[nH]c3ccc(Oc4c(C)c[c]c(N)c4C)cc23)cc1. The number of hydrogen-bond donors (Lipinski definition) is 2. The maximum Gasteiger partial charge on any atom is 0.208 e. The van der Waals surface area contributed by atoms with E-state index in [1.54, 1.807) is 42.5 Å². The van der Waals surface area contributed by atoms with Crippen molar-refractivity contribution in [1.29, 1.82) is 0 Å². The number of nitrogens with one attached hydrogen (secondary N) is 1. The molecule has 4 aromatic rings. The fourth-order valence-electron chi connectivity index (χ4n) is 3.26. The van der Waals surface area contributed by atoms with Gasteiger partial charge < -0.3 is 15.5 Å². The lowest BCUT2D eigenvalue weighted by Gasteiger charge is -2.13. The van der Waals surface area contributed by atoms with E-state index in [0.29, 0.717) is 22.6 Å². The summed E-state index contributed by atoms with van der Waals surface area (Å²) < 4.78 is 32.4. The molecule has 0 unspecified atom stereocenters. The molecule has 4 rings (SSSR count). The molecule has 1 heterocycles. The van der Waals surface area contributed by atoms with Gasteiger partial charge >= 0.3 is 0 Å². The van der Waals surface area contributed by atoms with Crippen molar-refractivity contribution in [3.05, 3.63) is 77.5 Å². The number of hydrogen-bond acceptors (Lipinski definition) is 4. The summed E-state index contributed by atoms with van der Waals surface area (Å²) in [5, 5.41) is 0.578. The van der Waals surface area contributed by atoms with E-state index in [4.69, 9.17) is 10.5 Å². The molecule has 3 aromatic carbocycles. The van der Waals surface area contributed by atoms with E-state index in [0.717, 1.165) is 22.2 Å². The van der Waals surface area contributed by atoms with Crippen LogP contribution in [0.25, 0.3) is 10.9 Å². The Morgan fingerprint density at radius 1 is 1.03 bits per heavy atom. The first-order valence-electron chi connectivity index (χ1n) is 9.15. The van der Waals surface area contributed by atoms with Gasteiger partial charge in [0.2, 0.25) is 9.84 Å². The Balaban J connectivity index is 1.80. The van der Waals surface area contributed by atoms with Gasteiger partial charge in [0, 0.05) is 34.4 Å². The molecule has 0 spiro atoms. The molecule has 0 amide bonds. The highest BCUT2D eigenvalue weighted by molar-refractivity contribution is 7.91. The number of benzene rings is 3. The summed E-state index contributed by atoms with van der Waals surface area (Å²) >= 11 is 0. The van der Waals surface area contributed by atoms with Gasteiger partial charge in [0.15, 0.2) is 0 Å². The van der Waals surface area contributed by atoms with Gasteiger partial charge in [-0.25, -0.2) is 8.42 Å². The van der Waals surface area contributed by atoms with Gasteiger partial charge in [-0.3, -0.25) is 0 Å². The van der Waals surface area contributed by atoms with Crippen LogP contribution in [0, 0.1) is 26.8 Å². The minimum atomic E-state index is -3.66. The summed E-state index contributed by atoms with van der Waals surface area (Å²) in [5.74, 6) is 1.19. The maximum atomic E-state index is 13.2. The molecule has 1 radical (unpaired) electrons. The Morgan fingerprint density at radius 2 is 1.76 bits per heavy atom. The number of rotatable bonds is 4. The molecule has 0 saturated carbocycles. The lowest BCUT2D eigenvalue weighted by atomic mass is 10.1. The third kappa shape index (κ3) is 3.36. The molecule has 0 atom stereocenters. The highest BCUT2D eigenvalue weighted by Crippen LogP contribution is 2.35. The molecule has 6 heteroatoms. The smallest absolute Gasteiger partial charge is 0.208 e. The largest absolute Gasteiger partial charge is 0.457 e. The molecular weight excluding hydrogens is 384 g/mol. The molecule has 3 N–H and O–H groups in total. The van der Waals surface area contributed by atoms with Gasteiger partial charge in [-0.15, -0.1) is 0 Å². The third-order valence-corrected chi connectivity index (χ3v) is 6.81. The van der Waals surface area contributed by atoms with E-state index in [-0.39, 0.29) is 9.79 Å². The van der Waals surface area contributed by atoms with E-state index < -0.39 is 9.84 Å². The Morgan fingerprint density at radius 3 is 2.48 bits per heavy atom. The standard InChI is InChI=1S/C23H21N2O3S/c1-14-4-8-18(9-5-14)29(26,27)22-13-25-21-11-7-17(12-19(21)22)28-23-15(2)6-10-20(24)16(23)3/h4-9,11-13,25H,24H2,1-3H3. The first-order valence-corrected chi connectivity index (χ1v) is 10.6. The fourth-order valence-corrected chi connectivity index (χ4v) is 4.68. The van der Waals surface area contributed by atoms with E-state index in [1.807, 2.05) is 26.8 Å². The summed E-state index contributed by atoms with van der Waals surface area (Å²) in [6, 6.07) is 16.9. The van der Waals surface area contributed by atoms with Crippen LogP contribution in [0.4, 0.5) is 5.69 Å². The van der Waals surface area contributed by atoms with Crippen LogP contribution in [-0.4, -0.2) is 13.4 Å². The fraction of sp³-hybridized carbons (Fsp3) is 0.130. The monoisotopic (exact) mass is 405 g/mol. The second-order valence-corrected chi connectivity index (χ2v) is 9.04.